The summed E-state index contributed by atoms with van der Waals surface area (Å²) in [7, 11) is 0. The Morgan fingerprint density at radius 2 is 1.80 bits per heavy atom. The lowest BCUT2D eigenvalue weighted by molar-refractivity contribution is -0.144. The minimum atomic E-state index is -4.76. The average Bonchev–Trinajstić information content (AvgIpc) is 2.55. The minimum Gasteiger partial charge on any atom is -0.486 e. The zero-order chi connectivity index (χ0) is 18.2. The van der Waals surface area contributed by atoms with Crippen LogP contribution in [0.2, 0.25) is 0 Å². The number of carbonyl (C=O) groups excluding carboxylic acids is 1. The van der Waals surface area contributed by atoms with Crippen molar-refractivity contribution in [2.24, 2.45) is 5.73 Å². The highest BCUT2D eigenvalue weighted by Crippen LogP contribution is 2.32. The van der Waals surface area contributed by atoms with Gasteiger partial charge in [0.25, 0.3) is 11.5 Å². The highest BCUT2D eigenvalue weighted by atomic mass is 19.4. The molecule has 0 saturated carbocycles. The van der Waals surface area contributed by atoms with Gasteiger partial charge in [-0.25, -0.2) is 0 Å². The van der Waals surface area contributed by atoms with E-state index in [-0.39, 0.29) is 0 Å². The molecule has 2 aromatic rings. The van der Waals surface area contributed by atoms with Crippen molar-refractivity contribution in [3.05, 3.63) is 57.5 Å². The third-order valence-corrected chi connectivity index (χ3v) is 3.68. The molecule has 1 aliphatic heterocycles. The van der Waals surface area contributed by atoms with Gasteiger partial charge in [0.2, 0.25) is 0 Å². The summed E-state index contributed by atoms with van der Waals surface area (Å²) in [5.41, 5.74) is 2.67. The Hall–Kier alpha value is -2.97. The normalized spacial score (nSPS) is 13.6. The first-order valence-corrected chi connectivity index (χ1v) is 7.27. The Balaban J connectivity index is 2.08. The van der Waals surface area contributed by atoms with E-state index in [1.54, 1.807) is 6.07 Å². The second-order valence-corrected chi connectivity index (χ2v) is 5.36. The quantitative estimate of drug-likeness (QED) is 0.911. The number of hydrogen-bond donors (Lipinski definition) is 1. The van der Waals surface area contributed by atoms with E-state index in [1.165, 1.54) is 12.1 Å². The Morgan fingerprint density at radius 1 is 1.12 bits per heavy atom. The monoisotopic (exact) mass is 354 g/mol. The topological polar surface area (TPSA) is 83.6 Å². The zero-order valence-corrected chi connectivity index (χ0v) is 12.8. The van der Waals surface area contributed by atoms with Crippen molar-refractivity contribution < 1.29 is 27.4 Å². The molecule has 1 aromatic carbocycles. The molecule has 0 saturated heterocycles. The molecule has 2 heterocycles. The van der Waals surface area contributed by atoms with E-state index in [0.717, 1.165) is 6.07 Å². The van der Waals surface area contributed by atoms with E-state index in [1.807, 2.05) is 0 Å². The maximum absolute atomic E-state index is 13.2. The van der Waals surface area contributed by atoms with Crippen LogP contribution in [0, 0.1) is 0 Å². The van der Waals surface area contributed by atoms with Crippen LogP contribution < -0.4 is 20.8 Å². The molecule has 0 fully saturated rings. The van der Waals surface area contributed by atoms with Crippen LogP contribution in [0.1, 0.15) is 21.6 Å². The van der Waals surface area contributed by atoms with Crippen LogP contribution in [-0.4, -0.2) is 23.7 Å². The van der Waals surface area contributed by atoms with Crippen molar-refractivity contribution in [1.29, 1.82) is 0 Å². The molecular weight excluding hydrogens is 341 g/mol. The van der Waals surface area contributed by atoms with E-state index < -0.39 is 35.4 Å². The van der Waals surface area contributed by atoms with Crippen LogP contribution in [0.5, 0.6) is 11.5 Å². The molecule has 0 unspecified atom stereocenters. The Morgan fingerprint density at radius 3 is 2.44 bits per heavy atom. The first-order valence-electron chi connectivity index (χ1n) is 7.27. The van der Waals surface area contributed by atoms with Gasteiger partial charge in [-0.15, -0.1) is 0 Å². The summed E-state index contributed by atoms with van der Waals surface area (Å²) in [5, 5.41) is 0. The van der Waals surface area contributed by atoms with Crippen LogP contribution in [0.3, 0.4) is 0 Å². The molecule has 0 bridgehead atoms. The van der Waals surface area contributed by atoms with Crippen molar-refractivity contribution in [1.82, 2.24) is 4.57 Å². The summed E-state index contributed by atoms with van der Waals surface area (Å²) >= 11 is 0. The number of nitrogens with zero attached hydrogens (tertiary/aromatic N) is 1. The molecule has 25 heavy (non-hydrogen) atoms. The van der Waals surface area contributed by atoms with Gasteiger partial charge in [0, 0.05) is 0 Å². The summed E-state index contributed by atoms with van der Waals surface area (Å²) in [4.78, 5) is 23.5. The van der Waals surface area contributed by atoms with Gasteiger partial charge in [-0.1, -0.05) is 6.07 Å². The van der Waals surface area contributed by atoms with E-state index in [0.29, 0.717) is 40.9 Å². The summed E-state index contributed by atoms with van der Waals surface area (Å²) < 4.78 is 50.9. The van der Waals surface area contributed by atoms with Crippen molar-refractivity contribution in [2.75, 3.05) is 13.2 Å². The number of primary amides is 1. The van der Waals surface area contributed by atoms with Crippen molar-refractivity contribution >= 4 is 5.91 Å². The maximum atomic E-state index is 13.2. The number of benzene rings is 1. The number of carbonyl (C=O) groups is 1. The number of aromatic nitrogens is 1. The third-order valence-electron chi connectivity index (χ3n) is 3.68. The van der Waals surface area contributed by atoms with Gasteiger partial charge in [-0.2, -0.15) is 13.2 Å². The zero-order valence-electron chi connectivity index (χ0n) is 12.8. The number of alkyl halides is 3. The number of rotatable bonds is 3. The van der Waals surface area contributed by atoms with Crippen LogP contribution in [0.25, 0.3) is 0 Å². The van der Waals surface area contributed by atoms with Gasteiger partial charge in [-0.05, 0) is 29.8 Å². The second-order valence-electron chi connectivity index (χ2n) is 5.36. The molecular formula is C16H13F3N2O4. The van der Waals surface area contributed by atoms with Gasteiger partial charge < -0.3 is 15.2 Å². The molecule has 2 N–H and O–H groups in total. The lowest BCUT2D eigenvalue weighted by atomic mass is 10.1. The summed E-state index contributed by atoms with van der Waals surface area (Å²) in [5.74, 6) is -0.227. The van der Waals surface area contributed by atoms with Crippen LogP contribution in [0.15, 0.2) is 35.1 Å². The van der Waals surface area contributed by atoms with Crippen LogP contribution >= 0.6 is 0 Å². The number of nitrogens with two attached hydrogens (primary N) is 1. The van der Waals surface area contributed by atoms with Gasteiger partial charge in [0.15, 0.2) is 11.5 Å². The summed E-state index contributed by atoms with van der Waals surface area (Å²) in [6.45, 7) is 0.303. The molecule has 0 atom stereocenters. The average molecular weight is 354 g/mol. The predicted molar refractivity (Wildman–Crippen MR) is 80.8 cm³/mol. The SMILES string of the molecule is NC(=O)c1ccc(C(F)(F)F)n(Cc2ccc3c(c2)OCCO3)c1=O. The Labute approximate surface area is 139 Å². The molecule has 0 spiro atoms. The van der Waals surface area contributed by atoms with E-state index in [9.17, 15) is 22.8 Å². The molecule has 3 rings (SSSR count). The standard InChI is InChI=1S/C16H13F3N2O4/c17-16(18,19)13-4-2-10(14(20)22)15(23)21(13)8-9-1-3-11-12(7-9)25-6-5-24-11/h1-4,7H,5-6,8H2,(H2,20,22). The van der Waals surface area contributed by atoms with Gasteiger partial charge in [0.1, 0.15) is 24.5 Å². The number of pyridine rings is 1. The maximum Gasteiger partial charge on any atom is 0.431 e. The number of amides is 1. The molecule has 6 nitrogen and oxygen atoms in total. The van der Waals surface area contributed by atoms with Crippen LogP contribution in [0.4, 0.5) is 13.2 Å². The number of halogens is 3. The molecule has 1 aliphatic rings. The molecule has 132 valence electrons. The second kappa shape index (κ2) is 6.15. The van der Waals surface area contributed by atoms with Gasteiger partial charge in [-0.3, -0.25) is 14.2 Å². The molecule has 0 radical (unpaired) electrons. The third kappa shape index (κ3) is 3.30. The van der Waals surface area contributed by atoms with E-state index >= 15 is 0 Å². The summed E-state index contributed by atoms with van der Waals surface area (Å²) in [6.07, 6.45) is -4.76. The fourth-order valence-electron chi connectivity index (χ4n) is 2.54. The Kier molecular flexibility index (Phi) is 4.15. The highest BCUT2D eigenvalue weighted by molar-refractivity contribution is 5.92. The molecule has 1 amide bonds. The first-order chi connectivity index (χ1) is 11.8. The minimum absolute atomic E-state index is 0.321. The lowest BCUT2D eigenvalue weighted by Gasteiger charge is -2.20. The fraction of sp³-hybridized carbons (Fsp3) is 0.250. The van der Waals surface area contributed by atoms with E-state index in [2.05, 4.69) is 0 Å². The van der Waals surface area contributed by atoms with Crippen molar-refractivity contribution in [3.8, 4) is 11.5 Å². The smallest absolute Gasteiger partial charge is 0.431 e. The fourth-order valence-corrected chi connectivity index (χ4v) is 2.54. The lowest BCUT2D eigenvalue weighted by Crippen LogP contribution is -2.34. The number of hydrogen-bond acceptors (Lipinski definition) is 4. The largest absolute Gasteiger partial charge is 0.486 e. The predicted octanol–water partition coefficient (Wildman–Crippen LogP) is 1.79. The first kappa shape index (κ1) is 16.9. The number of ether oxygens (including phenoxy) is 2. The molecule has 9 heteroatoms. The van der Waals surface area contributed by atoms with Crippen molar-refractivity contribution in [3.63, 3.8) is 0 Å². The van der Waals surface area contributed by atoms with Gasteiger partial charge >= 0.3 is 6.18 Å². The van der Waals surface area contributed by atoms with E-state index in [4.69, 9.17) is 15.2 Å². The Bertz CT molecular complexity index is 890. The molecule has 0 aliphatic carbocycles. The van der Waals surface area contributed by atoms with Gasteiger partial charge in [0.05, 0.1) is 6.54 Å². The molecule has 1 aromatic heterocycles. The summed E-state index contributed by atoms with van der Waals surface area (Å²) in [6, 6.07) is 6.03. The van der Waals surface area contributed by atoms with Crippen LogP contribution in [-0.2, 0) is 12.7 Å². The van der Waals surface area contributed by atoms with Crippen molar-refractivity contribution in [2.45, 2.75) is 12.7 Å². The number of fused-ring (bicyclic) bond motifs is 1. The highest BCUT2D eigenvalue weighted by Gasteiger charge is 2.35.